The molecule has 0 aromatic carbocycles. The van der Waals surface area contributed by atoms with Gasteiger partial charge in [0.05, 0.1) is 13.2 Å². The molecule has 1 radical (unpaired) electrons. The van der Waals surface area contributed by atoms with Gasteiger partial charge in [-0.1, -0.05) is 19.8 Å². The van der Waals surface area contributed by atoms with Gasteiger partial charge in [0, 0.05) is 0 Å². The van der Waals surface area contributed by atoms with Crippen molar-refractivity contribution in [2.24, 2.45) is 0 Å². The van der Waals surface area contributed by atoms with E-state index in [0.717, 1.165) is 19.3 Å². The minimum Gasteiger partial charge on any atom is -0.434 e. The Labute approximate surface area is 74.0 Å². The maximum Gasteiger partial charge on any atom is 0.508 e. The molecule has 71 valence electrons. The first-order valence-corrected chi connectivity index (χ1v) is 4.40. The third kappa shape index (κ3) is 7.38. The van der Waals surface area contributed by atoms with Crippen LogP contribution in [0.4, 0.5) is 4.79 Å². The van der Waals surface area contributed by atoms with E-state index in [9.17, 15) is 4.79 Å². The molecule has 0 heterocycles. The highest BCUT2D eigenvalue weighted by Crippen LogP contribution is 1.95. The molecule has 0 aromatic heterocycles. The number of rotatable bonds is 6. The molecule has 0 atom stereocenters. The van der Waals surface area contributed by atoms with Crippen molar-refractivity contribution in [1.82, 2.24) is 0 Å². The molecule has 0 bridgehead atoms. The molecule has 3 nitrogen and oxygen atoms in total. The summed E-state index contributed by atoms with van der Waals surface area (Å²) in [5.41, 5.74) is 0. The van der Waals surface area contributed by atoms with Gasteiger partial charge in [-0.25, -0.2) is 4.79 Å². The monoisotopic (exact) mass is 173 g/mol. The largest absolute Gasteiger partial charge is 0.508 e. The fourth-order valence-corrected chi connectivity index (χ4v) is 0.705. The first-order valence-electron chi connectivity index (χ1n) is 4.40. The van der Waals surface area contributed by atoms with E-state index in [-0.39, 0.29) is 0 Å². The van der Waals surface area contributed by atoms with Crippen molar-refractivity contribution in [2.75, 3.05) is 13.2 Å². The Morgan fingerprint density at radius 1 is 1.25 bits per heavy atom. The van der Waals surface area contributed by atoms with Crippen molar-refractivity contribution in [3.05, 3.63) is 6.92 Å². The van der Waals surface area contributed by atoms with Crippen molar-refractivity contribution in [2.45, 2.75) is 32.6 Å². The van der Waals surface area contributed by atoms with Gasteiger partial charge < -0.3 is 9.47 Å². The molecule has 0 N–H and O–H groups in total. The maximum absolute atomic E-state index is 10.7. The summed E-state index contributed by atoms with van der Waals surface area (Å²) < 4.78 is 9.40. The zero-order chi connectivity index (χ0) is 9.23. The lowest BCUT2D eigenvalue weighted by Crippen LogP contribution is -2.08. The van der Waals surface area contributed by atoms with Crippen LogP contribution in [0.25, 0.3) is 0 Å². The van der Waals surface area contributed by atoms with Crippen molar-refractivity contribution < 1.29 is 14.3 Å². The molecule has 0 saturated carbocycles. The summed E-state index contributed by atoms with van der Waals surface area (Å²) in [6.45, 7) is 6.43. The van der Waals surface area contributed by atoms with Crippen LogP contribution in [0.1, 0.15) is 32.6 Å². The van der Waals surface area contributed by atoms with Gasteiger partial charge >= 0.3 is 6.16 Å². The van der Waals surface area contributed by atoms with Gasteiger partial charge in [0.25, 0.3) is 0 Å². The predicted octanol–water partition coefficient (Wildman–Crippen LogP) is 2.55. The Balaban J connectivity index is 3.08. The van der Waals surface area contributed by atoms with Gasteiger partial charge in [-0.3, -0.25) is 0 Å². The lowest BCUT2D eigenvalue weighted by Gasteiger charge is -2.03. The second kappa shape index (κ2) is 8.37. The minimum atomic E-state index is -0.574. The quantitative estimate of drug-likeness (QED) is 0.457. The van der Waals surface area contributed by atoms with Crippen LogP contribution < -0.4 is 0 Å². The number of carbonyl (C=O) groups excluding carboxylic acids is 1. The van der Waals surface area contributed by atoms with Gasteiger partial charge in [-0.15, -0.1) is 0 Å². The van der Waals surface area contributed by atoms with Crippen LogP contribution in [-0.2, 0) is 9.47 Å². The molecule has 0 aliphatic heterocycles. The Hall–Kier alpha value is -0.730. The fraction of sp³-hybridized carbons (Fsp3) is 0.778. The van der Waals surface area contributed by atoms with Gasteiger partial charge in [-0.05, 0) is 19.8 Å². The van der Waals surface area contributed by atoms with Crippen LogP contribution >= 0.6 is 0 Å². The highest BCUT2D eigenvalue weighted by Gasteiger charge is 2.00. The molecular formula is C9H17O3. The van der Waals surface area contributed by atoms with Crippen LogP contribution in [0.15, 0.2) is 0 Å². The number of hydrogen-bond acceptors (Lipinski definition) is 3. The summed E-state index contributed by atoms with van der Waals surface area (Å²) in [6.07, 6.45) is 3.13. The van der Waals surface area contributed by atoms with Crippen molar-refractivity contribution >= 4 is 6.16 Å². The standard InChI is InChI=1S/C9H17O3/c1-3-5-6-8-12-9(10)11-7-4-2/h2-8H2,1H3. The van der Waals surface area contributed by atoms with Gasteiger partial charge in [-0.2, -0.15) is 0 Å². The number of carbonyl (C=O) groups is 1. The van der Waals surface area contributed by atoms with E-state index < -0.39 is 6.16 Å². The molecule has 0 amide bonds. The Morgan fingerprint density at radius 2 is 1.92 bits per heavy atom. The SMILES string of the molecule is [CH2]CCOC(=O)OCCCCC. The van der Waals surface area contributed by atoms with Crippen LogP contribution in [0.3, 0.4) is 0 Å². The maximum atomic E-state index is 10.7. The van der Waals surface area contributed by atoms with Crippen LogP contribution in [-0.4, -0.2) is 19.4 Å². The van der Waals surface area contributed by atoms with Gasteiger partial charge in [0.15, 0.2) is 0 Å². The van der Waals surface area contributed by atoms with E-state index in [1.807, 2.05) is 0 Å². The highest BCUT2D eigenvalue weighted by atomic mass is 16.7. The first kappa shape index (κ1) is 11.3. The highest BCUT2D eigenvalue weighted by molar-refractivity contribution is 5.59. The predicted molar refractivity (Wildman–Crippen MR) is 46.8 cm³/mol. The summed E-state index contributed by atoms with van der Waals surface area (Å²) in [6, 6.07) is 0. The molecule has 0 aliphatic carbocycles. The minimum absolute atomic E-state index is 0.340. The van der Waals surface area contributed by atoms with E-state index in [0.29, 0.717) is 19.6 Å². The third-order valence-electron chi connectivity index (χ3n) is 1.33. The summed E-state index contributed by atoms with van der Waals surface area (Å²) in [7, 11) is 0. The second-order valence-corrected chi connectivity index (χ2v) is 2.51. The Kier molecular flexibility index (Phi) is 7.86. The van der Waals surface area contributed by atoms with E-state index in [4.69, 9.17) is 4.74 Å². The molecule has 0 aromatic rings. The average Bonchev–Trinajstić information content (AvgIpc) is 2.09. The van der Waals surface area contributed by atoms with Crippen LogP contribution in [0, 0.1) is 6.92 Å². The zero-order valence-electron chi connectivity index (χ0n) is 7.67. The van der Waals surface area contributed by atoms with E-state index in [2.05, 4.69) is 18.6 Å². The van der Waals surface area contributed by atoms with E-state index in [1.165, 1.54) is 0 Å². The van der Waals surface area contributed by atoms with Crippen LogP contribution in [0.5, 0.6) is 0 Å². The van der Waals surface area contributed by atoms with Crippen molar-refractivity contribution in [1.29, 1.82) is 0 Å². The lowest BCUT2D eigenvalue weighted by atomic mass is 10.3. The average molecular weight is 173 g/mol. The fourth-order valence-electron chi connectivity index (χ4n) is 0.705. The Morgan fingerprint density at radius 3 is 2.50 bits per heavy atom. The summed E-state index contributed by atoms with van der Waals surface area (Å²) in [5.74, 6) is 0. The molecule has 0 unspecified atom stereocenters. The summed E-state index contributed by atoms with van der Waals surface area (Å²) in [5, 5.41) is 0. The Bertz CT molecular complexity index is 112. The molecule has 0 rings (SSSR count). The zero-order valence-corrected chi connectivity index (χ0v) is 7.67. The molecule has 0 saturated heterocycles. The molecular weight excluding hydrogens is 156 g/mol. The van der Waals surface area contributed by atoms with E-state index in [1.54, 1.807) is 0 Å². The van der Waals surface area contributed by atoms with Crippen molar-refractivity contribution in [3.8, 4) is 0 Å². The van der Waals surface area contributed by atoms with E-state index >= 15 is 0 Å². The van der Waals surface area contributed by atoms with Gasteiger partial charge in [0.1, 0.15) is 0 Å². The second-order valence-electron chi connectivity index (χ2n) is 2.51. The molecule has 3 heteroatoms. The van der Waals surface area contributed by atoms with Crippen LogP contribution in [0.2, 0.25) is 0 Å². The molecule has 0 fully saturated rings. The molecule has 0 spiro atoms. The molecule has 12 heavy (non-hydrogen) atoms. The molecule has 0 aliphatic rings. The number of unbranched alkanes of at least 4 members (excludes halogenated alkanes) is 2. The normalized spacial score (nSPS) is 9.50. The summed E-state index contributed by atoms with van der Waals surface area (Å²) >= 11 is 0. The first-order chi connectivity index (χ1) is 5.81. The summed E-state index contributed by atoms with van der Waals surface area (Å²) in [4.78, 5) is 10.7. The van der Waals surface area contributed by atoms with Gasteiger partial charge in [0.2, 0.25) is 0 Å². The topological polar surface area (TPSA) is 35.5 Å². The third-order valence-corrected chi connectivity index (χ3v) is 1.33. The number of hydrogen-bond donors (Lipinski definition) is 0. The van der Waals surface area contributed by atoms with Crippen molar-refractivity contribution in [3.63, 3.8) is 0 Å². The number of ether oxygens (including phenoxy) is 2. The smallest absolute Gasteiger partial charge is 0.434 e. The lowest BCUT2D eigenvalue weighted by molar-refractivity contribution is 0.0553.